The molecule has 2 heterocycles. The predicted octanol–water partition coefficient (Wildman–Crippen LogP) is 4.80. The second-order valence-corrected chi connectivity index (χ2v) is 8.68. The number of anilines is 1. The lowest BCUT2D eigenvalue weighted by molar-refractivity contribution is -0.136. The number of fused-ring (bicyclic) bond motifs is 1. The van der Waals surface area contributed by atoms with E-state index in [0.29, 0.717) is 47.1 Å². The highest BCUT2D eigenvalue weighted by atomic mass is 79.9. The van der Waals surface area contributed by atoms with Crippen molar-refractivity contribution in [1.82, 2.24) is 14.8 Å². The minimum atomic E-state index is -0.529. The minimum Gasteiger partial charge on any atom is -0.490 e. The molecule has 168 valence electrons. The maximum atomic E-state index is 12.8. The van der Waals surface area contributed by atoms with Crippen LogP contribution in [0.15, 0.2) is 33.0 Å². The zero-order chi connectivity index (χ0) is 22.5. The molecule has 1 N–H and O–H groups in total. The van der Waals surface area contributed by atoms with Gasteiger partial charge in [-0.2, -0.15) is 4.98 Å². The van der Waals surface area contributed by atoms with Gasteiger partial charge in [0.1, 0.15) is 6.04 Å². The molecule has 1 atom stereocenters. The van der Waals surface area contributed by atoms with Gasteiger partial charge in [0.05, 0.1) is 30.4 Å². The molecule has 1 aliphatic rings. The fourth-order valence-electron chi connectivity index (χ4n) is 3.36. The second kappa shape index (κ2) is 10.4. The molecule has 10 heteroatoms. The lowest BCUT2D eigenvalue weighted by Crippen LogP contribution is -2.29. The fraction of sp³-hybridized carbons (Fsp3) is 0.476. The van der Waals surface area contributed by atoms with Gasteiger partial charge in [-0.1, -0.05) is 18.7 Å². The molecule has 2 aromatic rings. The van der Waals surface area contributed by atoms with Crippen molar-refractivity contribution in [3.8, 4) is 11.5 Å². The molecule has 0 aliphatic carbocycles. The summed E-state index contributed by atoms with van der Waals surface area (Å²) < 4.78 is 19.2. The first-order valence-electron chi connectivity index (χ1n) is 10.2. The third kappa shape index (κ3) is 4.85. The van der Waals surface area contributed by atoms with Crippen molar-refractivity contribution in [3.05, 3.63) is 33.4 Å². The van der Waals surface area contributed by atoms with Crippen LogP contribution in [0.25, 0.3) is 0 Å². The van der Waals surface area contributed by atoms with Crippen molar-refractivity contribution in [2.24, 2.45) is 0 Å². The molecule has 0 bridgehead atoms. The van der Waals surface area contributed by atoms with E-state index in [1.165, 1.54) is 7.11 Å². The summed E-state index contributed by atoms with van der Waals surface area (Å²) in [5.74, 6) is 2.28. The van der Waals surface area contributed by atoms with Gasteiger partial charge < -0.3 is 19.5 Å². The largest absolute Gasteiger partial charge is 0.490 e. The molecule has 1 aromatic carbocycles. The Labute approximate surface area is 194 Å². The van der Waals surface area contributed by atoms with E-state index in [0.717, 1.165) is 22.2 Å². The van der Waals surface area contributed by atoms with Crippen LogP contribution in [-0.2, 0) is 9.53 Å². The van der Waals surface area contributed by atoms with Gasteiger partial charge in [0.25, 0.3) is 0 Å². The third-order valence-corrected chi connectivity index (χ3v) is 6.24. The van der Waals surface area contributed by atoms with E-state index in [1.54, 1.807) is 16.4 Å². The van der Waals surface area contributed by atoms with Gasteiger partial charge in [0.15, 0.2) is 11.5 Å². The van der Waals surface area contributed by atoms with Gasteiger partial charge >= 0.3 is 5.97 Å². The van der Waals surface area contributed by atoms with Crippen molar-refractivity contribution in [2.45, 2.75) is 45.3 Å². The smallest absolute Gasteiger partial charge is 0.338 e. The number of carbonyl (C=O) groups is 1. The average molecular weight is 511 g/mol. The lowest BCUT2D eigenvalue weighted by Gasteiger charge is -2.28. The lowest BCUT2D eigenvalue weighted by atomic mass is 9.95. The van der Waals surface area contributed by atoms with E-state index < -0.39 is 12.0 Å². The van der Waals surface area contributed by atoms with E-state index in [2.05, 4.69) is 38.3 Å². The van der Waals surface area contributed by atoms with Crippen LogP contribution in [0.3, 0.4) is 0 Å². The maximum Gasteiger partial charge on any atom is 0.338 e. The van der Waals surface area contributed by atoms with Crippen LogP contribution in [0.4, 0.5) is 5.95 Å². The Balaban J connectivity index is 2.18. The SMILES string of the molecule is CCCSc1nc2n(n1)C(c1cc(Br)c(OCC)c(OCC)c1)C(C(=O)OC)=C(C)N2. The van der Waals surface area contributed by atoms with Crippen molar-refractivity contribution in [1.29, 1.82) is 0 Å². The van der Waals surface area contributed by atoms with E-state index in [9.17, 15) is 4.79 Å². The molecule has 0 saturated heterocycles. The van der Waals surface area contributed by atoms with Crippen LogP contribution < -0.4 is 14.8 Å². The number of ether oxygens (including phenoxy) is 3. The maximum absolute atomic E-state index is 12.8. The van der Waals surface area contributed by atoms with Crippen molar-refractivity contribution in [2.75, 3.05) is 31.4 Å². The van der Waals surface area contributed by atoms with E-state index >= 15 is 0 Å². The second-order valence-electron chi connectivity index (χ2n) is 6.76. The zero-order valence-corrected chi connectivity index (χ0v) is 20.7. The Morgan fingerprint density at radius 2 is 2.00 bits per heavy atom. The Morgan fingerprint density at radius 3 is 2.65 bits per heavy atom. The molecule has 0 spiro atoms. The number of benzene rings is 1. The quantitative estimate of drug-likeness (QED) is 0.380. The van der Waals surface area contributed by atoms with Gasteiger partial charge in [-0.05, 0) is 60.8 Å². The average Bonchev–Trinajstić information content (AvgIpc) is 3.15. The molecular formula is C21H27BrN4O4S. The molecule has 1 aromatic heterocycles. The van der Waals surface area contributed by atoms with Crippen molar-refractivity contribution < 1.29 is 19.0 Å². The monoisotopic (exact) mass is 510 g/mol. The Bertz CT molecular complexity index is 992. The fourth-order valence-corrected chi connectivity index (χ4v) is 4.62. The number of nitrogens with zero attached hydrogens (tertiary/aromatic N) is 3. The molecule has 0 fully saturated rings. The summed E-state index contributed by atoms with van der Waals surface area (Å²) in [7, 11) is 1.37. The Kier molecular flexibility index (Phi) is 7.88. The van der Waals surface area contributed by atoms with Crippen LogP contribution >= 0.6 is 27.7 Å². The van der Waals surface area contributed by atoms with Crippen molar-refractivity contribution >= 4 is 39.6 Å². The molecule has 8 nitrogen and oxygen atoms in total. The summed E-state index contributed by atoms with van der Waals surface area (Å²) in [6.45, 7) is 8.76. The zero-order valence-electron chi connectivity index (χ0n) is 18.3. The number of halogens is 1. The van der Waals surface area contributed by atoms with Crippen LogP contribution in [0.5, 0.6) is 11.5 Å². The Hall–Kier alpha value is -2.20. The van der Waals surface area contributed by atoms with Gasteiger partial charge in [-0.3, -0.25) is 0 Å². The number of thioether (sulfide) groups is 1. The molecule has 0 saturated carbocycles. The number of carbonyl (C=O) groups excluding carboxylic acids is 1. The van der Waals surface area contributed by atoms with Crippen LogP contribution in [-0.4, -0.2) is 46.8 Å². The van der Waals surface area contributed by atoms with Gasteiger partial charge in [-0.15, -0.1) is 5.10 Å². The summed E-state index contributed by atoms with van der Waals surface area (Å²) in [5.41, 5.74) is 1.94. The molecule has 31 heavy (non-hydrogen) atoms. The van der Waals surface area contributed by atoms with Crippen LogP contribution in [0, 0.1) is 0 Å². The first-order chi connectivity index (χ1) is 14.9. The number of hydrogen-bond donors (Lipinski definition) is 1. The normalized spacial score (nSPS) is 15.4. The van der Waals surface area contributed by atoms with E-state index in [1.807, 2.05) is 32.9 Å². The number of hydrogen-bond acceptors (Lipinski definition) is 8. The molecule has 1 aliphatic heterocycles. The van der Waals surface area contributed by atoms with Crippen molar-refractivity contribution in [3.63, 3.8) is 0 Å². The van der Waals surface area contributed by atoms with E-state index in [4.69, 9.17) is 14.2 Å². The standard InChI is InChI=1S/C21H27BrN4O4S/c1-6-9-31-21-24-20-23-12(4)16(19(27)28-5)17(26(20)25-21)13-10-14(22)18(30-8-3)15(11-13)29-7-2/h10-11,17H,6-9H2,1-5H3,(H,23,24,25). The number of nitrogens with one attached hydrogen (secondary N) is 1. The molecule has 0 amide bonds. The highest BCUT2D eigenvalue weighted by Crippen LogP contribution is 2.43. The van der Waals surface area contributed by atoms with Crippen LogP contribution in [0.1, 0.15) is 45.7 Å². The number of methoxy groups -OCH3 is 1. The highest BCUT2D eigenvalue weighted by molar-refractivity contribution is 9.10. The summed E-state index contributed by atoms with van der Waals surface area (Å²) >= 11 is 5.18. The summed E-state index contributed by atoms with van der Waals surface area (Å²) in [6.07, 6.45) is 1.01. The predicted molar refractivity (Wildman–Crippen MR) is 124 cm³/mol. The Morgan fingerprint density at radius 1 is 1.26 bits per heavy atom. The van der Waals surface area contributed by atoms with Gasteiger partial charge in [0.2, 0.25) is 11.1 Å². The molecule has 3 rings (SSSR count). The number of esters is 1. The van der Waals surface area contributed by atoms with Gasteiger partial charge in [0, 0.05) is 11.4 Å². The third-order valence-electron chi connectivity index (χ3n) is 4.61. The summed E-state index contributed by atoms with van der Waals surface area (Å²) in [6, 6.07) is 3.28. The van der Waals surface area contributed by atoms with Gasteiger partial charge in [-0.25, -0.2) is 9.48 Å². The number of rotatable bonds is 9. The number of allylic oxidation sites excluding steroid dienone is 1. The summed E-state index contributed by atoms with van der Waals surface area (Å²) in [4.78, 5) is 17.4. The topological polar surface area (TPSA) is 87.5 Å². The molecule has 0 radical (unpaired) electrons. The number of aromatic nitrogens is 3. The van der Waals surface area contributed by atoms with E-state index in [-0.39, 0.29) is 0 Å². The minimum absolute atomic E-state index is 0.429. The molecule has 1 unspecified atom stereocenters. The first kappa shape index (κ1) is 23.5. The summed E-state index contributed by atoms with van der Waals surface area (Å²) in [5, 5.41) is 8.54. The first-order valence-corrected chi connectivity index (χ1v) is 12.0. The van der Waals surface area contributed by atoms with Crippen LogP contribution in [0.2, 0.25) is 0 Å². The molecular weight excluding hydrogens is 484 g/mol. The highest BCUT2D eigenvalue weighted by Gasteiger charge is 2.36.